The Morgan fingerprint density at radius 1 is 1.25 bits per heavy atom. The summed E-state index contributed by atoms with van der Waals surface area (Å²) < 4.78 is 4.92. The topological polar surface area (TPSA) is 38.3 Å². The highest BCUT2D eigenvalue weighted by Gasteiger charge is 2.31. The summed E-state index contributed by atoms with van der Waals surface area (Å²) in [5, 5.41) is 3.15. The van der Waals surface area contributed by atoms with Crippen molar-refractivity contribution in [1.82, 2.24) is 5.32 Å². The summed E-state index contributed by atoms with van der Waals surface area (Å²) in [6.07, 6.45) is -0.637. The average Bonchev–Trinajstić information content (AvgIpc) is 2.56. The molecule has 0 aromatic heterocycles. The zero-order valence-corrected chi connectivity index (χ0v) is 9.76. The van der Waals surface area contributed by atoms with Gasteiger partial charge in [-0.1, -0.05) is 53.5 Å². The predicted octanol–water partition coefficient (Wildman–Crippen LogP) is 2.35. The summed E-state index contributed by atoms with van der Waals surface area (Å²) in [5.41, 5.74) is 1.08. The van der Waals surface area contributed by atoms with E-state index in [4.69, 9.17) is 27.9 Å². The molecule has 1 atom stereocenters. The van der Waals surface area contributed by atoms with Crippen LogP contribution < -0.4 is 5.32 Å². The molecule has 16 heavy (non-hydrogen) atoms. The quantitative estimate of drug-likeness (QED) is 0.846. The van der Waals surface area contributed by atoms with Gasteiger partial charge in [0.2, 0.25) is 0 Å². The average molecular weight is 258 g/mol. The molecule has 3 nitrogen and oxygen atoms in total. The van der Waals surface area contributed by atoms with E-state index >= 15 is 0 Å². The van der Waals surface area contributed by atoms with Gasteiger partial charge in [0.05, 0.1) is 5.03 Å². The Morgan fingerprint density at radius 3 is 2.50 bits per heavy atom. The Hall–Kier alpha value is -1.03. The van der Waals surface area contributed by atoms with Crippen LogP contribution in [-0.4, -0.2) is 12.2 Å². The van der Waals surface area contributed by atoms with E-state index in [2.05, 4.69) is 5.32 Å². The van der Waals surface area contributed by atoms with Gasteiger partial charge in [0.25, 0.3) is 0 Å². The van der Waals surface area contributed by atoms with Gasteiger partial charge < -0.3 is 4.74 Å². The molecule has 84 valence electrons. The molecule has 1 aliphatic rings. The molecule has 0 aliphatic carbocycles. The molecule has 1 aromatic rings. The number of benzene rings is 1. The molecule has 0 bridgehead atoms. The molecule has 0 saturated carbocycles. The molecule has 0 amide bonds. The summed E-state index contributed by atoms with van der Waals surface area (Å²) in [4.78, 5) is 11.1. The van der Waals surface area contributed by atoms with Crippen LogP contribution in [0.5, 0.6) is 0 Å². The van der Waals surface area contributed by atoms with Gasteiger partial charge in [-0.3, -0.25) is 5.32 Å². The van der Waals surface area contributed by atoms with Crippen molar-refractivity contribution in [3.05, 3.63) is 46.0 Å². The fraction of sp³-hybridized carbons (Fsp3) is 0.182. The highest BCUT2D eigenvalue weighted by atomic mass is 35.5. The van der Waals surface area contributed by atoms with Crippen LogP contribution >= 0.6 is 23.2 Å². The van der Waals surface area contributed by atoms with Crippen molar-refractivity contribution in [2.45, 2.75) is 12.8 Å². The molecular weight excluding hydrogens is 249 g/mol. The lowest BCUT2D eigenvalue weighted by molar-refractivity contribution is -0.140. The lowest BCUT2D eigenvalue weighted by Crippen LogP contribution is -2.29. The molecule has 1 unspecified atom stereocenters. The first-order chi connectivity index (χ1) is 7.68. The van der Waals surface area contributed by atoms with Crippen LogP contribution in [0.4, 0.5) is 0 Å². The molecule has 1 aromatic carbocycles. The first kappa shape index (κ1) is 11.5. The summed E-state index contributed by atoms with van der Waals surface area (Å²) in [7, 11) is 0. The first-order valence-corrected chi connectivity index (χ1v) is 5.47. The fourth-order valence-corrected chi connectivity index (χ4v) is 1.70. The van der Waals surface area contributed by atoms with Crippen LogP contribution in [0.2, 0.25) is 0 Å². The zero-order valence-electron chi connectivity index (χ0n) is 8.24. The first-order valence-electron chi connectivity index (χ1n) is 4.72. The van der Waals surface area contributed by atoms with Gasteiger partial charge in [-0.2, -0.15) is 0 Å². The van der Waals surface area contributed by atoms with Crippen molar-refractivity contribution < 1.29 is 9.53 Å². The SMILES string of the molecule is O=C1OC(NCc2ccccc2)C(Cl)=C1Cl. The van der Waals surface area contributed by atoms with E-state index < -0.39 is 12.2 Å². The number of hydrogen-bond donors (Lipinski definition) is 1. The smallest absolute Gasteiger partial charge is 0.353 e. The van der Waals surface area contributed by atoms with Crippen molar-refractivity contribution >= 4 is 29.2 Å². The number of hydrogen-bond acceptors (Lipinski definition) is 3. The van der Waals surface area contributed by atoms with E-state index in [1.165, 1.54) is 0 Å². The number of carbonyl (C=O) groups is 1. The summed E-state index contributed by atoms with van der Waals surface area (Å²) in [6.45, 7) is 0.555. The normalized spacial score (nSPS) is 20.1. The van der Waals surface area contributed by atoms with Gasteiger partial charge in [-0.25, -0.2) is 4.79 Å². The summed E-state index contributed by atoms with van der Waals surface area (Å²) in [5.74, 6) is -0.586. The Balaban J connectivity index is 1.96. The number of nitrogens with one attached hydrogen (secondary N) is 1. The lowest BCUT2D eigenvalue weighted by atomic mass is 10.2. The van der Waals surface area contributed by atoms with Gasteiger partial charge >= 0.3 is 5.97 Å². The summed E-state index contributed by atoms with van der Waals surface area (Å²) in [6, 6.07) is 9.72. The molecular formula is C11H9Cl2NO2. The van der Waals surface area contributed by atoms with Crippen molar-refractivity contribution in [2.75, 3.05) is 0 Å². The number of cyclic esters (lactones) is 1. The highest BCUT2D eigenvalue weighted by molar-refractivity contribution is 6.48. The molecule has 5 heteroatoms. The van der Waals surface area contributed by atoms with E-state index in [9.17, 15) is 4.79 Å². The third-order valence-corrected chi connectivity index (χ3v) is 3.02. The van der Waals surface area contributed by atoms with Crippen molar-refractivity contribution in [2.24, 2.45) is 0 Å². The maximum atomic E-state index is 11.1. The maximum Gasteiger partial charge on any atom is 0.353 e. The zero-order chi connectivity index (χ0) is 11.5. The standard InChI is InChI=1S/C11H9Cl2NO2/c12-8-9(13)11(15)16-10(8)14-6-7-4-2-1-3-5-7/h1-5,10,14H,6H2. The lowest BCUT2D eigenvalue weighted by Gasteiger charge is -2.12. The van der Waals surface area contributed by atoms with Gasteiger partial charge in [-0.15, -0.1) is 0 Å². The highest BCUT2D eigenvalue weighted by Crippen LogP contribution is 2.27. The van der Waals surface area contributed by atoms with Gasteiger partial charge in [-0.05, 0) is 5.56 Å². The van der Waals surface area contributed by atoms with Crippen LogP contribution in [0.3, 0.4) is 0 Å². The maximum absolute atomic E-state index is 11.1. The number of ether oxygens (including phenoxy) is 1. The van der Waals surface area contributed by atoms with Gasteiger partial charge in [0.1, 0.15) is 5.03 Å². The Labute approximate surface area is 103 Å². The van der Waals surface area contributed by atoms with Crippen LogP contribution in [0.25, 0.3) is 0 Å². The Morgan fingerprint density at radius 2 is 1.94 bits per heavy atom. The van der Waals surface area contributed by atoms with Crippen LogP contribution in [0, 0.1) is 0 Å². The fourth-order valence-electron chi connectivity index (χ4n) is 1.36. The van der Waals surface area contributed by atoms with Crippen molar-refractivity contribution in [3.63, 3.8) is 0 Å². The van der Waals surface area contributed by atoms with Gasteiger partial charge in [0.15, 0.2) is 6.23 Å². The van der Waals surface area contributed by atoms with Crippen LogP contribution in [0.1, 0.15) is 5.56 Å². The number of carbonyl (C=O) groups excluding carboxylic acids is 1. The van der Waals surface area contributed by atoms with Crippen LogP contribution in [0.15, 0.2) is 40.4 Å². The molecule has 1 N–H and O–H groups in total. The van der Waals surface area contributed by atoms with Crippen LogP contribution in [-0.2, 0) is 16.1 Å². The van der Waals surface area contributed by atoms with Gasteiger partial charge in [0, 0.05) is 6.54 Å². The number of esters is 1. The molecule has 0 saturated heterocycles. The minimum absolute atomic E-state index is 0.0489. The number of halogens is 2. The minimum atomic E-state index is -0.637. The molecule has 2 rings (SSSR count). The van der Waals surface area contributed by atoms with Crippen molar-refractivity contribution in [3.8, 4) is 0 Å². The molecule has 1 heterocycles. The van der Waals surface area contributed by atoms with Crippen molar-refractivity contribution in [1.29, 1.82) is 0 Å². The second-order valence-electron chi connectivity index (χ2n) is 3.31. The predicted molar refractivity (Wildman–Crippen MR) is 61.9 cm³/mol. The molecule has 0 fully saturated rings. The summed E-state index contributed by atoms with van der Waals surface area (Å²) >= 11 is 11.5. The molecule has 1 aliphatic heterocycles. The third-order valence-electron chi connectivity index (χ3n) is 2.18. The van der Waals surface area contributed by atoms with E-state index in [0.29, 0.717) is 6.54 Å². The number of rotatable bonds is 3. The van der Waals surface area contributed by atoms with E-state index in [1.54, 1.807) is 0 Å². The second-order valence-corrected chi connectivity index (χ2v) is 4.10. The molecule has 0 spiro atoms. The third kappa shape index (κ3) is 2.38. The Kier molecular flexibility index (Phi) is 3.49. The monoisotopic (exact) mass is 257 g/mol. The van der Waals surface area contributed by atoms with E-state index in [-0.39, 0.29) is 10.1 Å². The van der Waals surface area contributed by atoms with E-state index in [0.717, 1.165) is 5.56 Å². The molecule has 0 radical (unpaired) electrons. The largest absolute Gasteiger partial charge is 0.437 e. The Bertz CT molecular complexity index is 431. The van der Waals surface area contributed by atoms with E-state index in [1.807, 2.05) is 30.3 Å². The second kappa shape index (κ2) is 4.87. The minimum Gasteiger partial charge on any atom is -0.437 e.